The first-order valence-corrected chi connectivity index (χ1v) is 12.4. The monoisotopic (exact) mass is 416 g/mol. The van der Waals surface area contributed by atoms with Gasteiger partial charge >= 0.3 is 0 Å². The Morgan fingerprint density at radius 2 is 1.10 bits per heavy atom. The number of benzene rings is 1. The molecule has 0 aliphatic rings. The van der Waals surface area contributed by atoms with Crippen LogP contribution in [-0.4, -0.2) is 0 Å². The largest absolute Gasteiger partial charge is 0.205 e. The van der Waals surface area contributed by atoms with Gasteiger partial charge in [0.1, 0.15) is 6.54 Å². The van der Waals surface area contributed by atoms with Gasteiger partial charge in [-0.1, -0.05) is 88.6 Å². The Hall–Kier alpha value is -2.48. The smallest absolute Gasteiger partial charge is 0.177 e. The lowest BCUT2D eigenvalue weighted by molar-refractivity contribution is -0.697. The Morgan fingerprint density at radius 1 is 0.548 bits per heavy atom. The predicted octanol–water partition coefficient (Wildman–Crippen LogP) is 6.90. The first-order chi connectivity index (χ1) is 15.3. The SMILES string of the molecule is CCCCCCCCCCCC[n+]1cccc(-c2ccc[n+](Cc3ccccc3)c2)c1. The number of aryl methyl sites for hydroxylation is 1. The summed E-state index contributed by atoms with van der Waals surface area (Å²) in [6.45, 7) is 4.30. The molecule has 3 rings (SSSR count). The fourth-order valence-corrected chi connectivity index (χ4v) is 4.20. The highest BCUT2D eigenvalue weighted by Gasteiger charge is 2.09. The van der Waals surface area contributed by atoms with Gasteiger partial charge in [0.05, 0.1) is 11.1 Å². The van der Waals surface area contributed by atoms with Crippen molar-refractivity contribution in [3.8, 4) is 11.1 Å². The molecule has 2 heteroatoms. The fraction of sp³-hybridized carbons (Fsp3) is 0.448. The zero-order valence-corrected chi connectivity index (χ0v) is 19.4. The molecule has 0 aliphatic heterocycles. The van der Waals surface area contributed by atoms with Crippen molar-refractivity contribution in [3.63, 3.8) is 0 Å². The molecule has 164 valence electrons. The van der Waals surface area contributed by atoms with Gasteiger partial charge in [-0.2, -0.15) is 0 Å². The maximum atomic E-state index is 2.36. The third-order valence-electron chi connectivity index (χ3n) is 6.03. The Bertz CT molecular complexity index is 873. The van der Waals surface area contributed by atoms with Crippen LogP contribution < -0.4 is 9.13 Å². The van der Waals surface area contributed by atoms with E-state index in [0.717, 1.165) is 13.1 Å². The lowest BCUT2D eigenvalue weighted by atomic mass is 10.1. The standard InChI is InChI=1S/C29H40N2/c1-2-3-4-5-6-7-8-9-10-14-21-30-22-15-19-28(25-30)29-20-16-23-31(26-29)24-27-17-12-11-13-18-27/h11-13,15-20,22-23,25-26H,2-10,14,21,24H2,1H3/q+2. The molecular weight excluding hydrogens is 376 g/mol. The third-order valence-corrected chi connectivity index (χ3v) is 6.03. The molecule has 0 atom stereocenters. The van der Waals surface area contributed by atoms with Gasteiger partial charge in [-0.05, 0) is 18.6 Å². The molecule has 3 aromatic rings. The Morgan fingerprint density at radius 3 is 1.74 bits per heavy atom. The molecular formula is C29H40N2+2. The van der Waals surface area contributed by atoms with Crippen LogP contribution in [0.5, 0.6) is 0 Å². The lowest BCUT2D eigenvalue weighted by Crippen LogP contribution is -2.34. The number of rotatable bonds is 14. The van der Waals surface area contributed by atoms with E-state index in [-0.39, 0.29) is 0 Å². The number of aromatic nitrogens is 2. The van der Waals surface area contributed by atoms with E-state index < -0.39 is 0 Å². The highest BCUT2D eigenvalue weighted by Crippen LogP contribution is 2.15. The van der Waals surface area contributed by atoms with E-state index in [1.165, 1.54) is 80.9 Å². The molecule has 0 unspecified atom stereocenters. The van der Waals surface area contributed by atoms with Crippen molar-refractivity contribution in [2.45, 2.75) is 84.2 Å². The summed E-state index contributed by atoms with van der Waals surface area (Å²) >= 11 is 0. The van der Waals surface area contributed by atoms with E-state index >= 15 is 0 Å². The molecule has 0 N–H and O–H groups in total. The van der Waals surface area contributed by atoms with E-state index in [1.54, 1.807) is 0 Å². The van der Waals surface area contributed by atoms with E-state index in [1.807, 2.05) is 0 Å². The molecule has 0 saturated carbocycles. The molecule has 0 amide bonds. The molecule has 31 heavy (non-hydrogen) atoms. The zero-order valence-electron chi connectivity index (χ0n) is 19.4. The van der Waals surface area contributed by atoms with Crippen LogP contribution >= 0.6 is 0 Å². The molecule has 0 radical (unpaired) electrons. The summed E-state index contributed by atoms with van der Waals surface area (Å²) in [5, 5.41) is 0. The average molecular weight is 417 g/mol. The van der Waals surface area contributed by atoms with Crippen LogP contribution in [-0.2, 0) is 13.1 Å². The second kappa shape index (κ2) is 13.7. The minimum absolute atomic E-state index is 0.903. The molecule has 2 aromatic heterocycles. The third kappa shape index (κ3) is 8.65. The highest BCUT2D eigenvalue weighted by atomic mass is 14.9. The molecule has 0 aliphatic carbocycles. The summed E-state index contributed by atoms with van der Waals surface area (Å²) in [4.78, 5) is 0. The molecule has 1 aromatic carbocycles. The summed E-state index contributed by atoms with van der Waals surface area (Å²) in [5.74, 6) is 0. The first-order valence-electron chi connectivity index (χ1n) is 12.4. The number of nitrogens with zero attached hydrogens (tertiary/aromatic N) is 2. The van der Waals surface area contributed by atoms with E-state index in [9.17, 15) is 0 Å². The zero-order chi connectivity index (χ0) is 21.6. The molecule has 0 fully saturated rings. The van der Waals surface area contributed by atoms with Crippen LogP contribution in [0.4, 0.5) is 0 Å². The first kappa shape index (κ1) is 23.2. The second-order valence-electron chi connectivity index (χ2n) is 8.76. The van der Waals surface area contributed by atoms with E-state index in [2.05, 4.69) is 95.4 Å². The molecule has 0 bridgehead atoms. The summed E-state index contributed by atoms with van der Waals surface area (Å²) in [6, 6.07) is 19.4. The summed E-state index contributed by atoms with van der Waals surface area (Å²) in [5.41, 5.74) is 3.89. The predicted molar refractivity (Wildman–Crippen MR) is 130 cm³/mol. The van der Waals surface area contributed by atoms with Crippen molar-refractivity contribution in [1.29, 1.82) is 0 Å². The van der Waals surface area contributed by atoms with Gasteiger partial charge in [-0.25, -0.2) is 9.13 Å². The van der Waals surface area contributed by atoms with Gasteiger partial charge in [0.25, 0.3) is 0 Å². The van der Waals surface area contributed by atoms with Gasteiger partial charge in [-0.3, -0.25) is 0 Å². The van der Waals surface area contributed by atoms with Crippen molar-refractivity contribution in [2.24, 2.45) is 0 Å². The summed E-state index contributed by atoms with van der Waals surface area (Å²) in [7, 11) is 0. The Kier molecular flexibility index (Phi) is 10.3. The lowest BCUT2D eigenvalue weighted by Gasteiger charge is -2.03. The van der Waals surface area contributed by atoms with E-state index in [0.29, 0.717) is 0 Å². The molecule has 2 heterocycles. The van der Waals surface area contributed by atoms with Crippen molar-refractivity contribution in [3.05, 3.63) is 84.9 Å². The van der Waals surface area contributed by atoms with Crippen LogP contribution in [0.25, 0.3) is 11.1 Å². The van der Waals surface area contributed by atoms with Crippen LogP contribution in [0.2, 0.25) is 0 Å². The number of unbranched alkanes of at least 4 members (excludes halogenated alkanes) is 9. The maximum absolute atomic E-state index is 2.36. The van der Waals surface area contributed by atoms with Crippen molar-refractivity contribution < 1.29 is 9.13 Å². The van der Waals surface area contributed by atoms with Gasteiger partial charge < -0.3 is 0 Å². The molecule has 2 nitrogen and oxygen atoms in total. The maximum Gasteiger partial charge on any atom is 0.177 e. The van der Waals surface area contributed by atoms with Crippen LogP contribution in [0.15, 0.2) is 79.4 Å². The number of pyridine rings is 2. The van der Waals surface area contributed by atoms with Crippen molar-refractivity contribution in [2.75, 3.05) is 0 Å². The summed E-state index contributed by atoms with van der Waals surface area (Å²) in [6.07, 6.45) is 22.8. The van der Waals surface area contributed by atoms with Crippen molar-refractivity contribution in [1.82, 2.24) is 0 Å². The molecule has 0 spiro atoms. The van der Waals surface area contributed by atoms with Gasteiger partial charge in [0.15, 0.2) is 31.3 Å². The van der Waals surface area contributed by atoms with Crippen molar-refractivity contribution >= 4 is 0 Å². The molecule has 0 saturated heterocycles. The van der Waals surface area contributed by atoms with Gasteiger partial charge in [0, 0.05) is 24.1 Å². The average Bonchev–Trinajstić information content (AvgIpc) is 2.81. The highest BCUT2D eigenvalue weighted by molar-refractivity contribution is 5.59. The van der Waals surface area contributed by atoms with E-state index in [4.69, 9.17) is 0 Å². The van der Waals surface area contributed by atoms with Gasteiger partial charge in [-0.15, -0.1) is 0 Å². The normalized spacial score (nSPS) is 11.0. The number of hydrogen-bond donors (Lipinski definition) is 0. The van der Waals surface area contributed by atoms with Gasteiger partial charge in [0.2, 0.25) is 0 Å². The Balaban J connectivity index is 1.43. The topological polar surface area (TPSA) is 7.76 Å². The minimum Gasteiger partial charge on any atom is -0.205 e. The van der Waals surface area contributed by atoms with Crippen LogP contribution in [0, 0.1) is 0 Å². The van der Waals surface area contributed by atoms with Crippen LogP contribution in [0.1, 0.15) is 76.7 Å². The second-order valence-corrected chi connectivity index (χ2v) is 8.76. The number of hydrogen-bond acceptors (Lipinski definition) is 0. The van der Waals surface area contributed by atoms with Crippen LogP contribution in [0.3, 0.4) is 0 Å². The minimum atomic E-state index is 0.903. The summed E-state index contributed by atoms with van der Waals surface area (Å²) < 4.78 is 4.62. The Labute approximate surface area is 189 Å². The quantitative estimate of drug-likeness (QED) is 0.199. The fourth-order valence-electron chi connectivity index (χ4n) is 4.20.